The van der Waals surface area contributed by atoms with Gasteiger partial charge in [-0.3, -0.25) is 0 Å². The molecule has 0 spiro atoms. The first-order chi connectivity index (χ1) is 8.61. The van der Waals surface area contributed by atoms with Crippen LogP contribution in [0, 0.1) is 11.6 Å². The van der Waals surface area contributed by atoms with Crippen molar-refractivity contribution in [2.75, 3.05) is 0 Å². The maximum atomic E-state index is 13.4. The summed E-state index contributed by atoms with van der Waals surface area (Å²) in [7, 11) is 0. The number of alkyl halides is 1. The first kappa shape index (κ1) is 13.3. The lowest BCUT2D eigenvalue weighted by Crippen LogP contribution is -1.92. The fourth-order valence-corrected chi connectivity index (χ4v) is 2.28. The van der Waals surface area contributed by atoms with Crippen molar-refractivity contribution in [2.45, 2.75) is 5.33 Å². The topological polar surface area (TPSA) is 9.23 Å². The van der Waals surface area contributed by atoms with Crippen LogP contribution in [0.3, 0.4) is 0 Å². The van der Waals surface area contributed by atoms with Crippen LogP contribution in [-0.2, 0) is 5.33 Å². The summed E-state index contributed by atoms with van der Waals surface area (Å²) in [6.45, 7) is 0. The number of rotatable bonds is 3. The van der Waals surface area contributed by atoms with Gasteiger partial charge in [-0.1, -0.05) is 39.7 Å². The van der Waals surface area contributed by atoms with Crippen molar-refractivity contribution >= 4 is 27.5 Å². The molecule has 2 rings (SSSR count). The van der Waals surface area contributed by atoms with Gasteiger partial charge in [0.05, 0.1) is 0 Å². The van der Waals surface area contributed by atoms with E-state index in [0.717, 1.165) is 11.6 Å². The number of hydrogen-bond donors (Lipinski definition) is 0. The molecule has 0 saturated carbocycles. The minimum atomic E-state index is -1.02. The van der Waals surface area contributed by atoms with Crippen molar-refractivity contribution in [3.63, 3.8) is 0 Å². The van der Waals surface area contributed by atoms with E-state index in [1.165, 1.54) is 12.1 Å². The van der Waals surface area contributed by atoms with E-state index in [4.69, 9.17) is 16.3 Å². The molecular formula is C13H8BrClF2O. The van der Waals surface area contributed by atoms with Crippen LogP contribution < -0.4 is 4.74 Å². The summed E-state index contributed by atoms with van der Waals surface area (Å²) in [5.74, 6) is -1.78. The second-order valence-electron chi connectivity index (χ2n) is 3.54. The second kappa shape index (κ2) is 5.67. The van der Waals surface area contributed by atoms with E-state index in [1.807, 2.05) is 0 Å². The van der Waals surface area contributed by atoms with Crippen LogP contribution in [0.1, 0.15) is 5.56 Å². The van der Waals surface area contributed by atoms with Gasteiger partial charge in [0.2, 0.25) is 5.82 Å². The van der Waals surface area contributed by atoms with E-state index in [0.29, 0.717) is 16.1 Å². The Kier molecular flexibility index (Phi) is 4.19. The fraction of sp³-hybridized carbons (Fsp3) is 0.0769. The number of ether oxygens (including phenoxy) is 1. The molecule has 1 nitrogen and oxygen atoms in total. The van der Waals surface area contributed by atoms with Crippen LogP contribution in [0.4, 0.5) is 8.78 Å². The molecule has 0 aliphatic carbocycles. The highest BCUT2D eigenvalue weighted by atomic mass is 79.9. The van der Waals surface area contributed by atoms with Crippen LogP contribution in [0.15, 0.2) is 36.4 Å². The fourth-order valence-electron chi connectivity index (χ4n) is 1.39. The van der Waals surface area contributed by atoms with Crippen molar-refractivity contribution in [1.82, 2.24) is 0 Å². The van der Waals surface area contributed by atoms with E-state index in [-0.39, 0.29) is 5.75 Å². The van der Waals surface area contributed by atoms with E-state index in [2.05, 4.69) is 15.9 Å². The lowest BCUT2D eigenvalue weighted by atomic mass is 10.2. The molecule has 0 fully saturated rings. The van der Waals surface area contributed by atoms with Crippen molar-refractivity contribution in [2.24, 2.45) is 0 Å². The smallest absolute Gasteiger partial charge is 0.201 e. The molecule has 18 heavy (non-hydrogen) atoms. The Hall–Kier alpha value is -1.13. The Morgan fingerprint density at radius 3 is 2.61 bits per heavy atom. The number of halogens is 4. The molecule has 0 radical (unpaired) electrons. The molecule has 0 heterocycles. The minimum absolute atomic E-state index is 0.169. The van der Waals surface area contributed by atoms with Crippen molar-refractivity contribution in [3.05, 3.63) is 58.6 Å². The van der Waals surface area contributed by atoms with Crippen molar-refractivity contribution in [1.29, 1.82) is 0 Å². The highest BCUT2D eigenvalue weighted by Crippen LogP contribution is 2.29. The quantitative estimate of drug-likeness (QED) is 0.692. The first-order valence-corrected chi connectivity index (χ1v) is 6.58. The third kappa shape index (κ3) is 2.82. The van der Waals surface area contributed by atoms with Crippen LogP contribution >= 0.6 is 27.5 Å². The van der Waals surface area contributed by atoms with Crippen LogP contribution in [0.2, 0.25) is 5.02 Å². The SMILES string of the molecule is Fc1cccc(Oc2ccc(CBr)c(Cl)c2)c1F. The predicted molar refractivity (Wildman–Crippen MR) is 70.5 cm³/mol. The van der Waals surface area contributed by atoms with Gasteiger partial charge in [0.15, 0.2) is 11.6 Å². The summed E-state index contributed by atoms with van der Waals surface area (Å²) < 4.78 is 31.6. The standard InChI is InChI=1S/C13H8BrClF2O/c14-7-8-4-5-9(6-10(8)15)18-12-3-1-2-11(16)13(12)17/h1-6H,7H2. The van der Waals surface area contributed by atoms with Crippen LogP contribution in [-0.4, -0.2) is 0 Å². The molecule has 0 aliphatic heterocycles. The number of hydrogen-bond acceptors (Lipinski definition) is 1. The van der Waals surface area contributed by atoms with E-state index < -0.39 is 11.6 Å². The van der Waals surface area contributed by atoms with Crippen LogP contribution in [0.25, 0.3) is 0 Å². The molecule has 0 amide bonds. The maximum absolute atomic E-state index is 13.4. The van der Waals surface area contributed by atoms with Gasteiger partial charge in [0, 0.05) is 10.4 Å². The molecule has 0 aromatic heterocycles. The third-order valence-electron chi connectivity index (χ3n) is 2.31. The Balaban J connectivity index is 2.29. The van der Waals surface area contributed by atoms with Crippen molar-refractivity contribution in [3.8, 4) is 11.5 Å². The van der Waals surface area contributed by atoms with Gasteiger partial charge in [-0.15, -0.1) is 0 Å². The maximum Gasteiger partial charge on any atom is 0.201 e. The van der Waals surface area contributed by atoms with E-state index in [9.17, 15) is 8.78 Å². The second-order valence-corrected chi connectivity index (χ2v) is 4.51. The molecule has 0 aliphatic rings. The van der Waals surface area contributed by atoms with E-state index >= 15 is 0 Å². The van der Waals surface area contributed by atoms with Gasteiger partial charge in [-0.05, 0) is 29.8 Å². The molecule has 0 unspecified atom stereocenters. The zero-order valence-electron chi connectivity index (χ0n) is 9.09. The Labute approximate surface area is 116 Å². The average molecular weight is 334 g/mol. The predicted octanol–water partition coefficient (Wildman–Crippen LogP) is 5.31. The van der Waals surface area contributed by atoms with Gasteiger partial charge in [0.1, 0.15) is 5.75 Å². The highest BCUT2D eigenvalue weighted by molar-refractivity contribution is 9.08. The lowest BCUT2D eigenvalue weighted by Gasteiger charge is -2.08. The molecule has 0 bridgehead atoms. The van der Waals surface area contributed by atoms with E-state index in [1.54, 1.807) is 18.2 Å². The largest absolute Gasteiger partial charge is 0.454 e. The summed E-state index contributed by atoms with van der Waals surface area (Å²) in [5, 5.41) is 1.11. The zero-order chi connectivity index (χ0) is 13.1. The zero-order valence-corrected chi connectivity index (χ0v) is 11.4. The summed E-state index contributed by atoms with van der Waals surface area (Å²) in [4.78, 5) is 0. The molecule has 2 aromatic carbocycles. The minimum Gasteiger partial charge on any atom is -0.454 e. The molecule has 94 valence electrons. The third-order valence-corrected chi connectivity index (χ3v) is 3.27. The molecule has 2 aromatic rings. The Morgan fingerprint density at radius 2 is 1.94 bits per heavy atom. The Bertz CT molecular complexity index is 575. The van der Waals surface area contributed by atoms with Gasteiger partial charge in [0.25, 0.3) is 0 Å². The van der Waals surface area contributed by atoms with Gasteiger partial charge < -0.3 is 4.74 Å². The molecule has 0 saturated heterocycles. The molecular weight excluding hydrogens is 325 g/mol. The normalized spacial score (nSPS) is 10.4. The lowest BCUT2D eigenvalue weighted by molar-refractivity contribution is 0.416. The summed E-state index contributed by atoms with van der Waals surface area (Å²) in [6, 6.07) is 8.72. The van der Waals surface area contributed by atoms with Gasteiger partial charge >= 0.3 is 0 Å². The van der Waals surface area contributed by atoms with Crippen molar-refractivity contribution < 1.29 is 13.5 Å². The number of benzene rings is 2. The molecule has 0 atom stereocenters. The highest BCUT2D eigenvalue weighted by Gasteiger charge is 2.10. The van der Waals surface area contributed by atoms with Gasteiger partial charge in [-0.2, -0.15) is 4.39 Å². The van der Waals surface area contributed by atoms with Crippen LogP contribution in [0.5, 0.6) is 11.5 Å². The Morgan fingerprint density at radius 1 is 1.17 bits per heavy atom. The summed E-state index contributed by atoms with van der Waals surface area (Å²) in [5.41, 5.74) is 0.892. The molecule has 5 heteroatoms. The first-order valence-electron chi connectivity index (χ1n) is 5.08. The van der Waals surface area contributed by atoms with Gasteiger partial charge in [-0.25, -0.2) is 4.39 Å². The average Bonchev–Trinajstić information content (AvgIpc) is 2.35. The summed E-state index contributed by atoms with van der Waals surface area (Å²) >= 11 is 9.27. The monoisotopic (exact) mass is 332 g/mol. The summed E-state index contributed by atoms with van der Waals surface area (Å²) in [6.07, 6.45) is 0. The molecule has 0 N–H and O–H groups in total.